The van der Waals surface area contributed by atoms with Gasteiger partial charge in [-0.05, 0) is 12.8 Å². The van der Waals surface area contributed by atoms with Crippen LogP contribution < -0.4 is 0 Å². The smallest absolute Gasteiger partial charge is 0.320 e. The van der Waals surface area contributed by atoms with Crippen molar-refractivity contribution in [2.75, 3.05) is 6.54 Å². The third-order valence-electron chi connectivity index (χ3n) is 2.29. The summed E-state index contributed by atoms with van der Waals surface area (Å²) in [5.41, 5.74) is 0. The maximum Gasteiger partial charge on any atom is 0.320 e. The van der Waals surface area contributed by atoms with Gasteiger partial charge in [-0.15, -0.1) is 0 Å². The average molecular weight is 173 g/mol. The van der Waals surface area contributed by atoms with Crippen molar-refractivity contribution in [1.82, 2.24) is 5.06 Å². The first-order valence-electron chi connectivity index (χ1n) is 4.37. The lowest BCUT2D eigenvalue weighted by atomic mass is 9.95. The predicted octanol–water partition coefficient (Wildman–Crippen LogP) is 1.09. The average Bonchev–Trinajstić information content (AvgIpc) is 2.05. The van der Waals surface area contributed by atoms with Crippen LogP contribution in [0.2, 0.25) is 0 Å². The lowest BCUT2D eigenvalue weighted by Crippen LogP contribution is -2.37. The normalized spacial score (nSPS) is 19.8. The van der Waals surface area contributed by atoms with Crippen molar-refractivity contribution < 1.29 is 15.1 Å². The fraction of sp³-hybridized carbons (Fsp3) is 0.875. The molecule has 1 rings (SSSR count). The summed E-state index contributed by atoms with van der Waals surface area (Å²) in [5.74, 6) is -0.969. The van der Waals surface area contributed by atoms with Gasteiger partial charge in [0.2, 0.25) is 0 Å². The van der Waals surface area contributed by atoms with Gasteiger partial charge in [0.1, 0.15) is 6.54 Å². The summed E-state index contributed by atoms with van der Waals surface area (Å²) in [4.78, 5) is 10.3. The van der Waals surface area contributed by atoms with E-state index in [-0.39, 0.29) is 12.6 Å². The second-order valence-electron chi connectivity index (χ2n) is 3.28. The van der Waals surface area contributed by atoms with Crippen LogP contribution in [0.4, 0.5) is 0 Å². The number of carbonyl (C=O) groups is 1. The van der Waals surface area contributed by atoms with Gasteiger partial charge in [-0.25, -0.2) is 0 Å². The number of hydrogen-bond acceptors (Lipinski definition) is 3. The van der Waals surface area contributed by atoms with Crippen molar-refractivity contribution in [3.05, 3.63) is 0 Å². The van der Waals surface area contributed by atoms with Gasteiger partial charge in [-0.1, -0.05) is 19.3 Å². The van der Waals surface area contributed by atoms with Crippen molar-refractivity contribution in [2.24, 2.45) is 0 Å². The Hall–Kier alpha value is -0.610. The summed E-state index contributed by atoms with van der Waals surface area (Å²) in [6, 6.07) is 0.0647. The van der Waals surface area contributed by atoms with E-state index in [4.69, 9.17) is 5.11 Å². The molecule has 0 aromatic rings. The topological polar surface area (TPSA) is 60.8 Å². The molecule has 12 heavy (non-hydrogen) atoms. The molecule has 0 amide bonds. The molecule has 4 heteroatoms. The standard InChI is InChI=1S/C8H15NO3/c10-8(11)6-9(12)7-4-2-1-3-5-7/h7,12H,1-6H2,(H,10,11). The molecule has 0 saturated heterocycles. The van der Waals surface area contributed by atoms with Crippen LogP contribution in [0.15, 0.2) is 0 Å². The quantitative estimate of drug-likeness (QED) is 0.627. The van der Waals surface area contributed by atoms with E-state index in [0.717, 1.165) is 30.7 Å². The highest BCUT2D eigenvalue weighted by molar-refractivity contribution is 5.68. The summed E-state index contributed by atoms with van der Waals surface area (Å²) in [5, 5.41) is 18.7. The molecular weight excluding hydrogens is 158 g/mol. The first-order valence-corrected chi connectivity index (χ1v) is 4.37. The molecule has 0 bridgehead atoms. The monoisotopic (exact) mass is 173 g/mol. The van der Waals surface area contributed by atoms with Crippen molar-refractivity contribution in [1.29, 1.82) is 0 Å². The van der Waals surface area contributed by atoms with Gasteiger partial charge < -0.3 is 10.3 Å². The molecule has 0 atom stereocenters. The second kappa shape index (κ2) is 4.42. The number of carboxylic acid groups (broad SMARTS) is 1. The first-order chi connectivity index (χ1) is 5.70. The number of hydrogen-bond donors (Lipinski definition) is 2. The van der Waals surface area contributed by atoms with Crippen LogP contribution in [0.1, 0.15) is 32.1 Å². The van der Waals surface area contributed by atoms with E-state index < -0.39 is 5.97 Å². The van der Waals surface area contributed by atoms with Crippen LogP contribution in [-0.2, 0) is 4.79 Å². The van der Waals surface area contributed by atoms with E-state index in [1.165, 1.54) is 6.42 Å². The van der Waals surface area contributed by atoms with Gasteiger partial charge in [0.25, 0.3) is 0 Å². The molecule has 1 saturated carbocycles. The zero-order chi connectivity index (χ0) is 8.97. The number of rotatable bonds is 3. The van der Waals surface area contributed by atoms with Crippen molar-refractivity contribution >= 4 is 5.97 Å². The van der Waals surface area contributed by atoms with Crippen LogP contribution in [0.5, 0.6) is 0 Å². The molecule has 0 aromatic heterocycles. The Bertz CT molecular complexity index is 154. The molecule has 0 unspecified atom stereocenters. The zero-order valence-corrected chi connectivity index (χ0v) is 7.07. The third kappa shape index (κ3) is 2.79. The van der Waals surface area contributed by atoms with E-state index in [2.05, 4.69) is 0 Å². The summed E-state index contributed by atoms with van der Waals surface area (Å²) >= 11 is 0. The van der Waals surface area contributed by atoms with Gasteiger partial charge >= 0.3 is 5.97 Å². The highest BCUT2D eigenvalue weighted by Crippen LogP contribution is 2.20. The molecule has 70 valence electrons. The van der Waals surface area contributed by atoms with Crippen molar-refractivity contribution in [2.45, 2.75) is 38.1 Å². The van der Waals surface area contributed by atoms with E-state index in [0.29, 0.717) is 0 Å². The van der Waals surface area contributed by atoms with Crippen LogP contribution in [0.25, 0.3) is 0 Å². The SMILES string of the molecule is O=C(O)CN(O)C1CCCCC1. The number of carboxylic acids is 1. The second-order valence-corrected chi connectivity index (χ2v) is 3.28. The van der Waals surface area contributed by atoms with Crippen LogP contribution in [-0.4, -0.2) is 33.9 Å². The lowest BCUT2D eigenvalue weighted by molar-refractivity contribution is -0.165. The van der Waals surface area contributed by atoms with Gasteiger partial charge in [-0.2, -0.15) is 5.06 Å². The fourth-order valence-electron chi connectivity index (χ4n) is 1.65. The van der Waals surface area contributed by atoms with Gasteiger partial charge in [0.05, 0.1) is 0 Å². The summed E-state index contributed by atoms with van der Waals surface area (Å²) in [7, 11) is 0. The summed E-state index contributed by atoms with van der Waals surface area (Å²) in [6.07, 6.45) is 5.24. The Morgan fingerprint density at radius 3 is 2.42 bits per heavy atom. The third-order valence-corrected chi connectivity index (χ3v) is 2.29. The minimum absolute atomic E-state index is 0.0647. The summed E-state index contributed by atoms with van der Waals surface area (Å²) < 4.78 is 0. The molecule has 0 radical (unpaired) electrons. The van der Waals surface area contributed by atoms with E-state index in [1.54, 1.807) is 0 Å². The molecule has 0 aromatic carbocycles. The number of nitrogens with zero attached hydrogens (tertiary/aromatic N) is 1. The molecule has 0 aliphatic heterocycles. The molecule has 4 nitrogen and oxygen atoms in total. The number of aliphatic carboxylic acids is 1. The van der Waals surface area contributed by atoms with Gasteiger partial charge in [-0.3, -0.25) is 4.79 Å². The van der Waals surface area contributed by atoms with Gasteiger partial charge in [0.15, 0.2) is 0 Å². The Labute approximate surface area is 71.8 Å². The summed E-state index contributed by atoms with van der Waals surface area (Å²) in [6.45, 7) is -0.259. The van der Waals surface area contributed by atoms with E-state index in [9.17, 15) is 10.0 Å². The minimum Gasteiger partial charge on any atom is -0.480 e. The van der Waals surface area contributed by atoms with E-state index >= 15 is 0 Å². The zero-order valence-electron chi connectivity index (χ0n) is 7.07. The maximum atomic E-state index is 10.3. The Morgan fingerprint density at radius 1 is 1.33 bits per heavy atom. The lowest BCUT2D eigenvalue weighted by Gasteiger charge is -2.27. The molecule has 2 N–H and O–H groups in total. The van der Waals surface area contributed by atoms with Crippen LogP contribution in [0.3, 0.4) is 0 Å². The Kier molecular flexibility index (Phi) is 3.49. The largest absolute Gasteiger partial charge is 0.480 e. The fourth-order valence-corrected chi connectivity index (χ4v) is 1.65. The van der Waals surface area contributed by atoms with E-state index in [1.807, 2.05) is 0 Å². The molecule has 1 aliphatic rings. The Morgan fingerprint density at radius 2 is 1.92 bits per heavy atom. The van der Waals surface area contributed by atoms with Crippen molar-refractivity contribution in [3.63, 3.8) is 0 Å². The maximum absolute atomic E-state index is 10.3. The predicted molar refractivity (Wildman–Crippen MR) is 43.0 cm³/mol. The molecule has 1 aliphatic carbocycles. The molecular formula is C8H15NO3. The number of hydroxylamine groups is 2. The van der Waals surface area contributed by atoms with Crippen LogP contribution in [0, 0.1) is 0 Å². The van der Waals surface area contributed by atoms with Crippen molar-refractivity contribution in [3.8, 4) is 0 Å². The minimum atomic E-state index is -0.969. The molecule has 0 spiro atoms. The molecule has 0 heterocycles. The van der Waals surface area contributed by atoms with Gasteiger partial charge in [0, 0.05) is 6.04 Å². The molecule has 1 fully saturated rings. The highest BCUT2D eigenvalue weighted by Gasteiger charge is 2.20. The Balaban J connectivity index is 2.29. The highest BCUT2D eigenvalue weighted by atomic mass is 16.5. The first kappa shape index (κ1) is 9.48. The van der Waals surface area contributed by atoms with Crippen LogP contribution >= 0.6 is 0 Å².